The number of nitrogen functional groups attached to an aromatic ring is 1. The molecule has 7 nitrogen and oxygen atoms in total. The van der Waals surface area contributed by atoms with E-state index in [2.05, 4.69) is 5.10 Å². The molecular formula is C14H17N3O4. The van der Waals surface area contributed by atoms with Crippen molar-refractivity contribution in [3.63, 3.8) is 0 Å². The Morgan fingerprint density at radius 2 is 2.05 bits per heavy atom. The summed E-state index contributed by atoms with van der Waals surface area (Å²) in [5.74, 6) is 1.34. The van der Waals surface area contributed by atoms with Gasteiger partial charge in [0.15, 0.2) is 17.8 Å². The first-order valence-corrected chi connectivity index (χ1v) is 6.31. The summed E-state index contributed by atoms with van der Waals surface area (Å²) < 4.78 is 11.8. The number of nitrogens with zero attached hydrogens (tertiary/aromatic N) is 2. The minimum Gasteiger partial charge on any atom is -0.493 e. The molecule has 1 aromatic heterocycles. The van der Waals surface area contributed by atoms with Gasteiger partial charge in [0.25, 0.3) is 0 Å². The molecule has 0 bridgehead atoms. The minimum atomic E-state index is -0.116. The number of aldehydes is 1. The maximum Gasteiger partial charge on any atom is 0.161 e. The average molecular weight is 291 g/mol. The molecule has 1 aromatic carbocycles. The molecule has 0 aliphatic carbocycles. The maximum absolute atomic E-state index is 11.3. The lowest BCUT2D eigenvalue weighted by molar-refractivity contribution is 0.112. The van der Waals surface area contributed by atoms with Crippen molar-refractivity contribution in [3.8, 4) is 22.8 Å². The van der Waals surface area contributed by atoms with Crippen LogP contribution in [0.1, 0.15) is 10.4 Å². The lowest BCUT2D eigenvalue weighted by Gasteiger charge is -2.08. The van der Waals surface area contributed by atoms with Gasteiger partial charge in [-0.05, 0) is 18.2 Å². The number of aromatic nitrogens is 2. The van der Waals surface area contributed by atoms with Crippen molar-refractivity contribution in [1.82, 2.24) is 9.78 Å². The van der Waals surface area contributed by atoms with Crippen LogP contribution in [0.5, 0.6) is 11.5 Å². The van der Waals surface area contributed by atoms with Crippen molar-refractivity contribution in [3.05, 3.63) is 23.8 Å². The molecule has 0 aliphatic heterocycles. The van der Waals surface area contributed by atoms with Crippen LogP contribution in [0, 0.1) is 0 Å². The number of methoxy groups -OCH3 is 2. The first-order chi connectivity index (χ1) is 10.2. The van der Waals surface area contributed by atoms with Crippen molar-refractivity contribution in [2.75, 3.05) is 26.6 Å². The average Bonchev–Trinajstić information content (AvgIpc) is 2.83. The fourth-order valence-corrected chi connectivity index (χ4v) is 2.07. The van der Waals surface area contributed by atoms with Crippen LogP contribution in [0.25, 0.3) is 11.3 Å². The van der Waals surface area contributed by atoms with Crippen LogP contribution >= 0.6 is 0 Å². The highest BCUT2D eigenvalue weighted by Gasteiger charge is 2.17. The van der Waals surface area contributed by atoms with Gasteiger partial charge in [0.1, 0.15) is 11.5 Å². The molecule has 3 N–H and O–H groups in total. The molecule has 0 aliphatic rings. The first kappa shape index (κ1) is 14.9. The molecule has 21 heavy (non-hydrogen) atoms. The van der Waals surface area contributed by atoms with Gasteiger partial charge in [-0.2, -0.15) is 5.10 Å². The molecule has 0 saturated heterocycles. The normalized spacial score (nSPS) is 10.4. The van der Waals surface area contributed by atoms with Crippen LogP contribution in [0.15, 0.2) is 18.2 Å². The maximum atomic E-state index is 11.3. The van der Waals surface area contributed by atoms with Crippen molar-refractivity contribution in [1.29, 1.82) is 0 Å². The number of aliphatic hydroxyl groups is 1. The van der Waals surface area contributed by atoms with Gasteiger partial charge in [0, 0.05) is 5.56 Å². The molecule has 1 heterocycles. The van der Waals surface area contributed by atoms with E-state index in [0.717, 1.165) is 0 Å². The summed E-state index contributed by atoms with van der Waals surface area (Å²) in [7, 11) is 3.07. The number of aliphatic hydroxyl groups excluding tert-OH is 1. The molecule has 0 spiro atoms. The molecule has 0 atom stereocenters. The third-order valence-corrected chi connectivity index (χ3v) is 3.12. The zero-order chi connectivity index (χ0) is 15.4. The summed E-state index contributed by atoms with van der Waals surface area (Å²) in [6.45, 7) is 0.107. The highest BCUT2D eigenvalue weighted by atomic mass is 16.5. The zero-order valence-corrected chi connectivity index (χ0v) is 11.9. The van der Waals surface area contributed by atoms with Crippen LogP contribution in [0.4, 0.5) is 5.82 Å². The summed E-state index contributed by atoms with van der Waals surface area (Å²) in [5, 5.41) is 13.3. The number of carbonyl (C=O) groups is 1. The number of hydrogen-bond acceptors (Lipinski definition) is 6. The van der Waals surface area contributed by atoms with E-state index < -0.39 is 0 Å². The van der Waals surface area contributed by atoms with Crippen LogP contribution in [-0.4, -0.2) is 42.0 Å². The topological polar surface area (TPSA) is 99.6 Å². The van der Waals surface area contributed by atoms with Crippen molar-refractivity contribution in [2.24, 2.45) is 0 Å². The molecular weight excluding hydrogens is 274 g/mol. The summed E-state index contributed by atoms with van der Waals surface area (Å²) in [6.07, 6.45) is 0.655. The lowest BCUT2D eigenvalue weighted by atomic mass is 10.1. The van der Waals surface area contributed by atoms with Crippen LogP contribution in [0.2, 0.25) is 0 Å². The van der Waals surface area contributed by atoms with Gasteiger partial charge in [0.2, 0.25) is 0 Å². The molecule has 0 saturated carbocycles. The fourth-order valence-electron chi connectivity index (χ4n) is 2.07. The van der Waals surface area contributed by atoms with E-state index in [9.17, 15) is 4.79 Å². The smallest absolute Gasteiger partial charge is 0.161 e. The predicted molar refractivity (Wildman–Crippen MR) is 77.7 cm³/mol. The monoisotopic (exact) mass is 291 g/mol. The number of ether oxygens (including phenoxy) is 2. The lowest BCUT2D eigenvalue weighted by Crippen LogP contribution is -2.08. The van der Waals surface area contributed by atoms with Crippen molar-refractivity contribution in [2.45, 2.75) is 6.54 Å². The molecule has 0 amide bonds. The van der Waals surface area contributed by atoms with Gasteiger partial charge >= 0.3 is 0 Å². The van der Waals surface area contributed by atoms with E-state index in [1.54, 1.807) is 25.3 Å². The molecule has 2 rings (SSSR count). The summed E-state index contributed by atoms with van der Waals surface area (Å²) in [6, 6.07) is 5.21. The Bertz CT molecular complexity index is 652. The Labute approximate surface area is 121 Å². The molecule has 112 valence electrons. The second kappa shape index (κ2) is 6.27. The Balaban J connectivity index is 2.55. The van der Waals surface area contributed by atoms with Gasteiger partial charge < -0.3 is 20.3 Å². The number of benzene rings is 1. The van der Waals surface area contributed by atoms with Gasteiger partial charge in [0.05, 0.1) is 32.9 Å². The van der Waals surface area contributed by atoms with Crippen molar-refractivity contribution < 1.29 is 19.4 Å². The quantitative estimate of drug-likeness (QED) is 0.769. The van der Waals surface area contributed by atoms with Gasteiger partial charge in [-0.1, -0.05) is 0 Å². The molecule has 0 radical (unpaired) electrons. The number of nitrogens with two attached hydrogens (primary N) is 1. The third kappa shape index (κ3) is 2.68. The number of rotatable bonds is 6. The minimum absolute atomic E-state index is 0.116. The van der Waals surface area contributed by atoms with Gasteiger partial charge in [-0.3, -0.25) is 4.79 Å². The Kier molecular flexibility index (Phi) is 4.44. The van der Waals surface area contributed by atoms with E-state index in [0.29, 0.717) is 29.0 Å². The van der Waals surface area contributed by atoms with E-state index in [4.69, 9.17) is 20.3 Å². The summed E-state index contributed by atoms with van der Waals surface area (Å²) in [5.41, 5.74) is 7.27. The van der Waals surface area contributed by atoms with E-state index in [1.807, 2.05) is 0 Å². The standard InChI is InChI=1S/C14H17N3O4/c1-20-11-4-3-9(7-12(11)21-2)13-10(8-19)14(15)17(16-13)5-6-18/h3-4,7-8,18H,5-6,15H2,1-2H3. The SMILES string of the molecule is COc1ccc(-c2nn(CCO)c(N)c2C=O)cc1OC. The van der Waals surface area contributed by atoms with Crippen LogP contribution < -0.4 is 15.2 Å². The molecule has 7 heteroatoms. The predicted octanol–water partition coefficient (Wildman–Crippen LogP) is 0.954. The van der Waals surface area contributed by atoms with E-state index in [-0.39, 0.29) is 24.5 Å². The highest BCUT2D eigenvalue weighted by Crippen LogP contribution is 2.34. The van der Waals surface area contributed by atoms with Crippen LogP contribution in [0.3, 0.4) is 0 Å². The fraction of sp³-hybridized carbons (Fsp3) is 0.286. The summed E-state index contributed by atoms with van der Waals surface area (Å²) >= 11 is 0. The Hall–Kier alpha value is -2.54. The number of carbonyl (C=O) groups excluding carboxylic acids is 1. The Morgan fingerprint density at radius 3 is 2.62 bits per heavy atom. The second-order valence-electron chi connectivity index (χ2n) is 4.28. The largest absolute Gasteiger partial charge is 0.493 e. The molecule has 0 unspecified atom stereocenters. The number of hydrogen-bond donors (Lipinski definition) is 2. The van der Waals surface area contributed by atoms with E-state index >= 15 is 0 Å². The van der Waals surface area contributed by atoms with E-state index in [1.165, 1.54) is 11.8 Å². The highest BCUT2D eigenvalue weighted by molar-refractivity contribution is 5.91. The van der Waals surface area contributed by atoms with Crippen LogP contribution in [-0.2, 0) is 6.54 Å². The molecule has 0 fully saturated rings. The zero-order valence-electron chi connectivity index (χ0n) is 11.9. The van der Waals surface area contributed by atoms with Gasteiger partial charge in [-0.15, -0.1) is 0 Å². The summed E-state index contributed by atoms with van der Waals surface area (Å²) in [4.78, 5) is 11.3. The third-order valence-electron chi connectivity index (χ3n) is 3.12. The Morgan fingerprint density at radius 1 is 1.33 bits per heavy atom. The second-order valence-corrected chi connectivity index (χ2v) is 4.28. The van der Waals surface area contributed by atoms with Crippen molar-refractivity contribution >= 4 is 12.1 Å². The number of anilines is 1. The van der Waals surface area contributed by atoms with Gasteiger partial charge in [-0.25, -0.2) is 4.68 Å². The first-order valence-electron chi connectivity index (χ1n) is 6.31. The molecule has 2 aromatic rings.